The summed E-state index contributed by atoms with van der Waals surface area (Å²) in [5.41, 5.74) is 1.82. The van der Waals surface area contributed by atoms with Gasteiger partial charge < -0.3 is 20.4 Å². The molecule has 0 radical (unpaired) electrons. The molecular formula is C20H33N5O. The van der Waals surface area contributed by atoms with E-state index in [0.29, 0.717) is 12.1 Å². The van der Waals surface area contributed by atoms with Gasteiger partial charge in [-0.05, 0) is 43.0 Å². The molecule has 1 saturated heterocycles. The van der Waals surface area contributed by atoms with E-state index in [1.54, 1.807) is 26.0 Å². The summed E-state index contributed by atoms with van der Waals surface area (Å²) in [4.78, 5) is 20.3. The Kier molecular flexibility index (Phi) is 7.91. The monoisotopic (exact) mass is 359 g/mol. The average Bonchev–Trinajstić information content (AvgIpc) is 2.64. The number of carbonyl (C=O) groups excluding carboxylic acids is 1. The molecule has 2 rings (SSSR count). The molecule has 26 heavy (non-hydrogen) atoms. The van der Waals surface area contributed by atoms with Crippen LogP contribution in [0.15, 0.2) is 29.3 Å². The summed E-state index contributed by atoms with van der Waals surface area (Å²) in [6.45, 7) is 7.35. The molecule has 6 nitrogen and oxygen atoms in total. The van der Waals surface area contributed by atoms with Gasteiger partial charge in [0, 0.05) is 52.9 Å². The first kappa shape index (κ1) is 20.2. The first-order valence-electron chi connectivity index (χ1n) is 9.47. The number of likely N-dealkylation sites (tertiary alicyclic amines) is 1. The van der Waals surface area contributed by atoms with E-state index in [9.17, 15) is 4.79 Å². The molecule has 1 aliphatic rings. The number of piperidine rings is 1. The number of benzene rings is 1. The third kappa shape index (κ3) is 6.33. The first-order valence-corrected chi connectivity index (χ1v) is 9.47. The van der Waals surface area contributed by atoms with Gasteiger partial charge in [0.05, 0.1) is 0 Å². The lowest BCUT2D eigenvalue weighted by Crippen LogP contribution is -2.43. The van der Waals surface area contributed by atoms with E-state index in [1.807, 2.05) is 24.3 Å². The number of aliphatic imine (C=N–C) groups is 1. The van der Waals surface area contributed by atoms with Crippen LogP contribution in [0, 0.1) is 5.92 Å². The van der Waals surface area contributed by atoms with Gasteiger partial charge in [0.1, 0.15) is 0 Å². The van der Waals surface area contributed by atoms with Crippen molar-refractivity contribution in [2.24, 2.45) is 10.9 Å². The summed E-state index contributed by atoms with van der Waals surface area (Å²) in [6, 6.07) is 7.69. The Hall–Kier alpha value is -2.08. The summed E-state index contributed by atoms with van der Waals surface area (Å²) < 4.78 is 0. The molecule has 0 saturated carbocycles. The van der Waals surface area contributed by atoms with E-state index in [-0.39, 0.29) is 5.91 Å². The lowest BCUT2D eigenvalue weighted by atomic mass is 10.0. The Morgan fingerprint density at radius 3 is 2.62 bits per heavy atom. The Labute approximate surface area is 157 Å². The summed E-state index contributed by atoms with van der Waals surface area (Å²) >= 11 is 0. The van der Waals surface area contributed by atoms with E-state index in [4.69, 9.17) is 0 Å². The highest BCUT2D eigenvalue weighted by Crippen LogP contribution is 2.14. The molecule has 2 N–H and O–H groups in total. The molecule has 1 aromatic carbocycles. The molecule has 144 valence electrons. The van der Waals surface area contributed by atoms with Crippen molar-refractivity contribution in [3.8, 4) is 0 Å². The Morgan fingerprint density at radius 1 is 1.27 bits per heavy atom. The van der Waals surface area contributed by atoms with Crippen LogP contribution in [0.3, 0.4) is 0 Å². The molecular weight excluding hydrogens is 326 g/mol. The van der Waals surface area contributed by atoms with Gasteiger partial charge in [-0.2, -0.15) is 0 Å². The van der Waals surface area contributed by atoms with Crippen LogP contribution < -0.4 is 10.6 Å². The second-order valence-corrected chi connectivity index (χ2v) is 7.30. The number of nitrogens with zero attached hydrogens (tertiary/aromatic N) is 3. The Morgan fingerprint density at radius 2 is 2.00 bits per heavy atom. The Balaban J connectivity index is 1.73. The molecule has 0 spiro atoms. The van der Waals surface area contributed by atoms with Crippen LogP contribution in [0.4, 0.5) is 0 Å². The third-order valence-electron chi connectivity index (χ3n) is 4.75. The van der Waals surface area contributed by atoms with Crippen molar-refractivity contribution in [1.82, 2.24) is 20.4 Å². The number of hydrogen-bond acceptors (Lipinski definition) is 3. The molecule has 1 atom stereocenters. The summed E-state index contributed by atoms with van der Waals surface area (Å²) in [7, 11) is 5.31. The molecule has 1 heterocycles. The van der Waals surface area contributed by atoms with E-state index >= 15 is 0 Å². The predicted molar refractivity (Wildman–Crippen MR) is 107 cm³/mol. The van der Waals surface area contributed by atoms with Crippen LogP contribution in [0.5, 0.6) is 0 Å². The van der Waals surface area contributed by atoms with Crippen LogP contribution >= 0.6 is 0 Å². The summed E-state index contributed by atoms with van der Waals surface area (Å²) in [5.74, 6) is 1.64. The average molecular weight is 360 g/mol. The molecule has 1 aromatic rings. The maximum Gasteiger partial charge on any atom is 0.253 e. The van der Waals surface area contributed by atoms with Crippen molar-refractivity contribution in [2.45, 2.75) is 26.3 Å². The van der Waals surface area contributed by atoms with E-state index in [1.165, 1.54) is 25.9 Å². The summed E-state index contributed by atoms with van der Waals surface area (Å²) in [5, 5.41) is 6.71. The van der Waals surface area contributed by atoms with Crippen molar-refractivity contribution in [3.05, 3.63) is 35.4 Å². The second-order valence-electron chi connectivity index (χ2n) is 7.30. The lowest BCUT2D eigenvalue weighted by Gasteiger charge is -2.30. The van der Waals surface area contributed by atoms with E-state index in [2.05, 4.69) is 27.4 Å². The largest absolute Gasteiger partial charge is 0.355 e. The number of nitrogens with one attached hydrogen (secondary N) is 2. The highest BCUT2D eigenvalue weighted by molar-refractivity contribution is 5.93. The number of rotatable bonds is 6. The van der Waals surface area contributed by atoms with E-state index in [0.717, 1.165) is 30.5 Å². The smallest absolute Gasteiger partial charge is 0.253 e. The third-order valence-corrected chi connectivity index (χ3v) is 4.75. The number of amides is 1. The quantitative estimate of drug-likeness (QED) is 0.600. The molecule has 6 heteroatoms. The number of guanidine groups is 1. The van der Waals surface area contributed by atoms with Crippen molar-refractivity contribution in [1.29, 1.82) is 0 Å². The van der Waals surface area contributed by atoms with E-state index < -0.39 is 0 Å². The highest BCUT2D eigenvalue weighted by atomic mass is 16.2. The molecule has 1 aliphatic heterocycles. The highest BCUT2D eigenvalue weighted by Gasteiger charge is 2.15. The van der Waals surface area contributed by atoms with Crippen LogP contribution in [0.2, 0.25) is 0 Å². The molecule has 1 amide bonds. The van der Waals surface area contributed by atoms with Crippen molar-refractivity contribution in [2.75, 3.05) is 47.3 Å². The Bertz CT molecular complexity index is 597. The number of hydrogen-bond donors (Lipinski definition) is 2. The van der Waals surface area contributed by atoms with Crippen molar-refractivity contribution < 1.29 is 4.79 Å². The molecule has 0 aromatic heterocycles. The van der Waals surface area contributed by atoms with Crippen LogP contribution in [0.25, 0.3) is 0 Å². The fraction of sp³-hybridized carbons (Fsp3) is 0.600. The van der Waals surface area contributed by atoms with Crippen LogP contribution in [-0.2, 0) is 6.54 Å². The van der Waals surface area contributed by atoms with Gasteiger partial charge in [0.25, 0.3) is 5.91 Å². The standard InChI is InChI=1S/C20H33N5O/c1-16-6-5-12-25(15-16)13-11-22-20(21-2)23-14-17-7-9-18(10-8-17)19(26)24(3)4/h7-10,16H,5-6,11-15H2,1-4H3,(H2,21,22,23). The zero-order valence-electron chi connectivity index (χ0n) is 16.6. The van der Waals surface area contributed by atoms with Gasteiger partial charge in [-0.15, -0.1) is 0 Å². The lowest BCUT2D eigenvalue weighted by molar-refractivity contribution is 0.0827. The molecule has 1 unspecified atom stereocenters. The fourth-order valence-corrected chi connectivity index (χ4v) is 3.25. The first-order chi connectivity index (χ1) is 12.5. The van der Waals surface area contributed by atoms with Crippen LogP contribution in [-0.4, -0.2) is 69.0 Å². The SMILES string of the molecule is CN=C(NCCN1CCCC(C)C1)NCc1ccc(C(=O)N(C)C)cc1. The van der Waals surface area contributed by atoms with Crippen LogP contribution in [0.1, 0.15) is 35.7 Å². The molecule has 0 aliphatic carbocycles. The second kappa shape index (κ2) is 10.2. The fourth-order valence-electron chi connectivity index (χ4n) is 3.25. The predicted octanol–water partition coefficient (Wildman–Crippen LogP) is 1.79. The van der Waals surface area contributed by atoms with Crippen molar-refractivity contribution >= 4 is 11.9 Å². The number of carbonyl (C=O) groups is 1. The van der Waals surface area contributed by atoms with Gasteiger partial charge in [-0.1, -0.05) is 19.1 Å². The molecule has 1 fully saturated rings. The van der Waals surface area contributed by atoms with Gasteiger partial charge in [0.15, 0.2) is 5.96 Å². The minimum atomic E-state index is 0.0222. The minimum Gasteiger partial charge on any atom is -0.355 e. The minimum absolute atomic E-state index is 0.0222. The van der Waals surface area contributed by atoms with Gasteiger partial charge >= 0.3 is 0 Å². The zero-order valence-corrected chi connectivity index (χ0v) is 16.6. The van der Waals surface area contributed by atoms with Gasteiger partial charge in [-0.25, -0.2) is 0 Å². The maximum atomic E-state index is 11.9. The topological polar surface area (TPSA) is 60.0 Å². The molecule has 0 bridgehead atoms. The van der Waals surface area contributed by atoms with Crippen molar-refractivity contribution in [3.63, 3.8) is 0 Å². The van der Waals surface area contributed by atoms with Gasteiger partial charge in [0.2, 0.25) is 0 Å². The summed E-state index contributed by atoms with van der Waals surface area (Å²) in [6.07, 6.45) is 2.66. The maximum absolute atomic E-state index is 11.9. The van der Waals surface area contributed by atoms with Gasteiger partial charge in [-0.3, -0.25) is 9.79 Å². The zero-order chi connectivity index (χ0) is 18.9. The normalized spacial score (nSPS) is 18.5.